The van der Waals surface area contributed by atoms with Gasteiger partial charge < -0.3 is 5.32 Å². The number of hydrogen-bond donors (Lipinski definition) is 1. The lowest BCUT2D eigenvalue weighted by atomic mass is 10.2. The zero-order chi connectivity index (χ0) is 12.1. The number of hydrogen-bond acceptors (Lipinski definition) is 3. The van der Waals surface area contributed by atoms with Crippen molar-refractivity contribution in [3.8, 4) is 6.07 Å². The van der Waals surface area contributed by atoms with Gasteiger partial charge in [-0.2, -0.15) is 5.26 Å². The predicted molar refractivity (Wildman–Crippen MR) is 67.7 cm³/mol. The molecule has 0 spiro atoms. The van der Waals surface area contributed by atoms with E-state index in [1.54, 1.807) is 6.07 Å². The van der Waals surface area contributed by atoms with E-state index in [2.05, 4.69) is 16.4 Å². The van der Waals surface area contributed by atoms with Crippen molar-refractivity contribution in [1.82, 2.24) is 4.98 Å². The molecule has 1 aromatic carbocycles. The van der Waals surface area contributed by atoms with E-state index >= 15 is 0 Å². The summed E-state index contributed by atoms with van der Waals surface area (Å²) in [7, 11) is 0. The van der Waals surface area contributed by atoms with Crippen molar-refractivity contribution in [2.45, 2.75) is 6.54 Å². The summed E-state index contributed by atoms with van der Waals surface area (Å²) in [6.07, 6.45) is 1.47. The van der Waals surface area contributed by atoms with Gasteiger partial charge in [0.1, 0.15) is 11.2 Å². The fourth-order valence-electron chi connectivity index (χ4n) is 1.46. The van der Waals surface area contributed by atoms with Crippen molar-refractivity contribution >= 4 is 17.3 Å². The third kappa shape index (κ3) is 2.96. The van der Waals surface area contributed by atoms with Gasteiger partial charge in [-0.3, -0.25) is 0 Å². The first-order chi connectivity index (χ1) is 8.29. The molecule has 17 heavy (non-hydrogen) atoms. The summed E-state index contributed by atoms with van der Waals surface area (Å²) in [6, 6.07) is 13.7. The molecule has 0 aliphatic heterocycles. The minimum Gasteiger partial charge on any atom is -0.380 e. The maximum absolute atomic E-state index is 8.93. The lowest BCUT2D eigenvalue weighted by molar-refractivity contribution is 1.14. The van der Waals surface area contributed by atoms with Gasteiger partial charge in [-0.1, -0.05) is 41.9 Å². The van der Waals surface area contributed by atoms with E-state index in [-0.39, 0.29) is 0 Å². The highest BCUT2D eigenvalue weighted by molar-refractivity contribution is 6.29. The molecular formula is C13H10ClN3. The molecule has 84 valence electrons. The van der Waals surface area contributed by atoms with Crippen LogP contribution in [0, 0.1) is 11.3 Å². The number of pyridine rings is 1. The molecule has 0 fully saturated rings. The van der Waals surface area contributed by atoms with Gasteiger partial charge in [0.25, 0.3) is 0 Å². The van der Waals surface area contributed by atoms with Crippen molar-refractivity contribution in [1.29, 1.82) is 5.26 Å². The molecule has 4 heteroatoms. The molecule has 1 aromatic heterocycles. The second kappa shape index (κ2) is 5.33. The number of nitrogens with zero attached hydrogens (tertiary/aromatic N) is 2. The Morgan fingerprint density at radius 3 is 2.76 bits per heavy atom. The Morgan fingerprint density at radius 2 is 2.06 bits per heavy atom. The molecule has 0 unspecified atom stereocenters. The van der Waals surface area contributed by atoms with Crippen LogP contribution in [-0.2, 0) is 6.54 Å². The minimum absolute atomic E-state index is 0.375. The van der Waals surface area contributed by atoms with Crippen molar-refractivity contribution in [3.63, 3.8) is 0 Å². The molecule has 0 amide bonds. The third-order valence-corrected chi connectivity index (χ3v) is 2.52. The summed E-state index contributed by atoms with van der Waals surface area (Å²) in [5.41, 5.74) is 2.34. The molecule has 1 heterocycles. The maximum Gasteiger partial charge on any atom is 0.131 e. The Labute approximate surface area is 105 Å². The zero-order valence-electron chi connectivity index (χ0n) is 9.02. The summed E-state index contributed by atoms with van der Waals surface area (Å²) in [5, 5.41) is 12.5. The molecular weight excluding hydrogens is 234 g/mol. The first kappa shape index (κ1) is 11.4. The minimum atomic E-state index is 0.375. The van der Waals surface area contributed by atoms with Crippen LogP contribution in [0.3, 0.4) is 0 Å². The molecule has 0 atom stereocenters. The Morgan fingerprint density at radius 1 is 1.29 bits per heavy atom. The second-order valence-corrected chi connectivity index (χ2v) is 3.89. The topological polar surface area (TPSA) is 48.7 Å². The number of rotatable bonds is 3. The number of aromatic nitrogens is 1. The number of nitrogens with one attached hydrogen (secondary N) is 1. The summed E-state index contributed by atoms with van der Waals surface area (Å²) in [4.78, 5) is 3.87. The summed E-state index contributed by atoms with van der Waals surface area (Å²) >= 11 is 5.80. The van der Waals surface area contributed by atoms with Crippen LogP contribution in [-0.4, -0.2) is 4.98 Å². The van der Waals surface area contributed by atoms with Gasteiger partial charge in [0.15, 0.2) is 0 Å². The first-order valence-corrected chi connectivity index (χ1v) is 5.51. The highest BCUT2D eigenvalue weighted by atomic mass is 35.5. The van der Waals surface area contributed by atoms with Crippen LogP contribution in [0.25, 0.3) is 0 Å². The smallest absolute Gasteiger partial charge is 0.131 e. The molecule has 0 saturated carbocycles. The molecule has 0 radical (unpaired) electrons. The van der Waals surface area contributed by atoms with Gasteiger partial charge in [-0.15, -0.1) is 0 Å². The number of anilines is 1. The van der Waals surface area contributed by atoms with E-state index in [9.17, 15) is 0 Å². The van der Waals surface area contributed by atoms with E-state index in [0.29, 0.717) is 22.9 Å². The summed E-state index contributed by atoms with van der Waals surface area (Å²) < 4.78 is 0. The third-order valence-electron chi connectivity index (χ3n) is 2.32. The lowest BCUT2D eigenvalue weighted by Gasteiger charge is -2.08. The Kier molecular flexibility index (Phi) is 3.59. The average molecular weight is 244 g/mol. The fourth-order valence-corrected chi connectivity index (χ4v) is 1.62. The van der Waals surface area contributed by atoms with Crippen LogP contribution in [0.15, 0.2) is 42.6 Å². The predicted octanol–water partition coefficient (Wildman–Crippen LogP) is 3.22. The van der Waals surface area contributed by atoms with Crippen LogP contribution in [0.2, 0.25) is 5.15 Å². The van der Waals surface area contributed by atoms with Crippen LogP contribution in [0.4, 0.5) is 5.69 Å². The molecule has 0 bridgehead atoms. The van der Waals surface area contributed by atoms with Crippen molar-refractivity contribution in [2.24, 2.45) is 0 Å². The average Bonchev–Trinajstić information content (AvgIpc) is 2.38. The van der Waals surface area contributed by atoms with Gasteiger partial charge in [0.2, 0.25) is 0 Å². The first-order valence-electron chi connectivity index (χ1n) is 5.13. The van der Waals surface area contributed by atoms with Crippen molar-refractivity contribution in [3.05, 3.63) is 58.9 Å². The molecule has 0 saturated heterocycles. The molecule has 0 aliphatic carbocycles. The van der Waals surface area contributed by atoms with E-state index in [0.717, 1.165) is 5.56 Å². The van der Waals surface area contributed by atoms with E-state index < -0.39 is 0 Å². The van der Waals surface area contributed by atoms with Gasteiger partial charge in [0.05, 0.1) is 11.3 Å². The van der Waals surface area contributed by atoms with E-state index in [1.807, 2.05) is 30.3 Å². The van der Waals surface area contributed by atoms with Gasteiger partial charge in [0, 0.05) is 12.7 Å². The maximum atomic E-state index is 8.93. The lowest BCUT2D eigenvalue weighted by Crippen LogP contribution is -2.01. The van der Waals surface area contributed by atoms with Crippen molar-refractivity contribution < 1.29 is 0 Å². The number of nitriles is 1. The molecule has 2 aromatic rings. The second-order valence-electron chi connectivity index (χ2n) is 3.50. The molecule has 3 nitrogen and oxygen atoms in total. The fraction of sp³-hybridized carbons (Fsp3) is 0.0769. The Balaban J connectivity index is 2.14. The van der Waals surface area contributed by atoms with Crippen LogP contribution in [0.1, 0.15) is 11.1 Å². The highest BCUT2D eigenvalue weighted by Crippen LogP contribution is 2.18. The zero-order valence-corrected chi connectivity index (χ0v) is 9.78. The Bertz CT molecular complexity index is 546. The standard InChI is InChI=1S/C13H10ClN3/c14-13-6-12(11(7-15)9-17-13)16-8-10-4-2-1-3-5-10/h1-6,9H,8H2,(H,16,17). The normalized spacial score (nSPS) is 9.65. The van der Waals surface area contributed by atoms with Crippen LogP contribution in [0.5, 0.6) is 0 Å². The highest BCUT2D eigenvalue weighted by Gasteiger charge is 2.03. The number of halogens is 1. The molecule has 2 rings (SSSR count). The van der Waals surface area contributed by atoms with E-state index in [4.69, 9.17) is 16.9 Å². The van der Waals surface area contributed by atoms with Gasteiger partial charge >= 0.3 is 0 Å². The summed E-state index contributed by atoms with van der Waals surface area (Å²) in [5.74, 6) is 0. The Hall–Kier alpha value is -2.05. The van der Waals surface area contributed by atoms with Gasteiger partial charge in [-0.25, -0.2) is 4.98 Å². The molecule has 0 aliphatic rings. The molecule has 1 N–H and O–H groups in total. The van der Waals surface area contributed by atoms with Crippen LogP contribution < -0.4 is 5.32 Å². The largest absolute Gasteiger partial charge is 0.380 e. The number of benzene rings is 1. The summed E-state index contributed by atoms with van der Waals surface area (Å²) in [6.45, 7) is 0.649. The monoisotopic (exact) mass is 243 g/mol. The van der Waals surface area contributed by atoms with Crippen molar-refractivity contribution in [2.75, 3.05) is 5.32 Å². The van der Waals surface area contributed by atoms with Gasteiger partial charge in [-0.05, 0) is 11.6 Å². The van der Waals surface area contributed by atoms with E-state index in [1.165, 1.54) is 6.20 Å². The quantitative estimate of drug-likeness (QED) is 0.842. The SMILES string of the molecule is N#Cc1cnc(Cl)cc1NCc1ccccc1. The van der Waals surface area contributed by atoms with Crippen LogP contribution >= 0.6 is 11.6 Å².